The lowest BCUT2D eigenvalue weighted by atomic mass is 10.1. The third-order valence-electron chi connectivity index (χ3n) is 1.94. The first-order valence-electron chi connectivity index (χ1n) is 3.96. The standard InChI is InChI=1S/C8H8FNO4S/c1-6-7(5-15(9,13)14)3-2-4-8(6)10(11)12/h2-4H,5H2,1H3. The summed E-state index contributed by atoms with van der Waals surface area (Å²) in [6, 6.07) is 3.91. The zero-order valence-corrected chi connectivity index (χ0v) is 8.62. The number of benzene rings is 1. The number of nitro benzene ring substituents is 1. The van der Waals surface area contributed by atoms with Crippen molar-refractivity contribution in [1.82, 2.24) is 0 Å². The fraction of sp³-hybridized carbons (Fsp3) is 0.250. The van der Waals surface area contributed by atoms with Crippen molar-refractivity contribution in [2.24, 2.45) is 0 Å². The van der Waals surface area contributed by atoms with E-state index in [0.29, 0.717) is 0 Å². The molecule has 1 aromatic rings. The Morgan fingerprint density at radius 3 is 2.53 bits per heavy atom. The Labute approximate surface area is 85.9 Å². The second-order valence-corrected chi connectivity index (χ2v) is 4.37. The molecule has 0 fully saturated rings. The van der Waals surface area contributed by atoms with Crippen LogP contribution < -0.4 is 0 Å². The molecule has 7 heteroatoms. The Balaban J connectivity index is 3.22. The molecule has 0 saturated heterocycles. The van der Waals surface area contributed by atoms with Crippen molar-refractivity contribution in [2.45, 2.75) is 12.7 Å². The molecular formula is C8H8FNO4S. The molecule has 0 unspecified atom stereocenters. The monoisotopic (exact) mass is 233 g/mol. The highest BCUT2D eigenvalue weighted by Gasteiger charge is 2.17. The van der Waals surface area contributed by atoms with E-state index >= 15 is 0 Å². The van der Waals surface area contributed by atoms with E-state index in [0.717, 1.165) is 0 Å². The minimum Gasteiger partial charge on any atom is -0.258 e. The quantitative estimate of drug-likeness (QED) is 0.452. The van der Waals surface area contributed by atoms with Crippen molar-refractivity contribution < 1.29 is 17.2 Å². The highest BCUT2D eigenvalue weighted by molar-refractivity contribution is 7.85. The van der Waals surface area contributed by atoms with Crippen LogP contribution in [0.3, 0.4) is 0 Å². The maximum Gasteiger partial charge on any atom is 0.306 e. The molecule has 0 spiro atoms. The molecule has 0 atom stereocenters. The topological polar surface area (TPSA) is 77.3 Å². The van der Waals surface area contributed by atoms with E-state index in [4.69, 9.17) is 0 Å². The van der Waals surface area contributed by atoms with E-state index in [1.54, 1.807) is 0 Å². The summed E-state index contributed by atoms with van der Waals surface area (Å²) in [6.45, 7) is 1.39. The van der Waals surface area contributed by atoms with Gasteiger partial charge in [-0.15, -0.1) is 3.89 Å². The average Bonchev–Trinajstić information content (AvgIpc) is 2.05. The third-order valence-corrected chi connectivity index (χ3v) is 2.60. The van der Waals surface area contributed by atoms with E-state index in [1.165, 1.54) is 25.1 Å². The Hall–Kier alpha value is -1.50. The molecule has 5 nitrogen and oxygen atoms in total. The first-order chi connectivity index (χ1) is 6.81. The number of halogens is 1. The second-order valence-electron chi connectivity index (χ2n) is 3.00. The lowest BCUT2D eigenvalue weighted by molar-refractivity contribution is -0.385. The third kappa shape index (κ3) is 2.98. The molecular weight excluding hydrogens is 225 g/mol. The molecule has 0 aromatic heterocycles. The summed E-state index contributed by atoms with van der Waals surface area (Å²) in [5, 5.41) is 10.5. The van der Waals surface area contributed by atoms with Gasteiger partial charge in [-0.05, 0) is 12.5 Å². The summed E-state index contributed by atoms with van der Waals surface area (Å²) in [5.74, 6) is -0.833. The van der Waals surface area contributed by atoms with Crippen LogP contribution in [0.25, 0.3) is 0 Å². The van der Waals surface area contributed by atoms with Gasteiger partial charge in [-0.3, -0.25) is 10.1 Å². The number of hydrogen-bond donors (Lipinski definition) is 0. The minimum absolute atomic E-state index is 0.103. The van der Waals surface area contributed by atoms with Crippen LogP contribution in [0.15, 0.2) is 18.2 Å². The van der Waals surface area contributed by atoms with Gasteiger partial charge < -0.3 is 0 Å². The van der Waals surface area contributed by atoms with E-state index in [-0.39, 0.29) is 16.8 Å². The average molecular weight is 233 g/mol. The van der Waals surface area contributed by atoms with E-state index < -0.39 is 20.9 Å². The maximum absolute atomic E-state index is 12.4. The van der Waals surface area contributed by atoms with Gasteiger partial charge in [0.1, 0.15) is 5.75 Å². The minimum atomic E-state index is -4.66. The molecule has 0 amide bonds. The highest BCUT2D eigenvalue weighted by Crippen LogP contribution is 2.22. The van der Waals surface area contributed by atoms with Gasteiger partial charge in [-0.1, -0.05) is 12.1 Å². The second kappa shape index (κ2) is 3.93. The van der Waals surface area contributed by atoms with Crippen LogP contribution in [-0.2, 0) is 16.0 Å². The van der Waals surface area contributed by atoms with Gasteiger partial charge in [0.15, 0.2) is 0 Å². The molecule has 15 heavy (non-hydrogen) atoms. The van der Waals surface area contributed by atoms with Crippen LogP contribution in [0.2, 0.25) is 0 Å². The zero-order chi connectivity index (χ0) is 11.6. The Bertz CT molecular complexity index is 497. The molecule has 0 radical (unpaired) electrons. The SMILES string of the molecule is Cc1c(CS(=O)(=O)F)cccc1[N+](=O)[O-]. The van der Waals surface area contributed by atoms with Crippen LogP contribution in [-0.4, -0.2) is 13.3 Å². The van der Waals surface area contributed by atoms with E-state index in [2.05, 4.69) is 0 Å². The van der Waals surface area contributed by atoms with Gasteiger partial charge in [0.2, 0.25) is 0 Å². The summed E-state index contributed by atoms with van der Waals surface area (Å²) in [6.07, 6.45) is 0. The summed E-state index contributed by atoms with van der Waals surface area (Å²) in [5.41, 5.74) is 0.0616. The van der Waals surface area contributed by atoms with Crippen LogP contribution in [0.5, 0.6) is 0 Å². The smallest absolute Gasteiger partial charge is 0.258 e. The van der Waals surface area contributed by atoms with Gasteiger partial charge in [0, 0.05) is 11.6 Å². The summed E-state index contributed by atoms with van der Waals surface area (Å²) >= 11 is 0. The highest BCUT2D eigenvalue weighted by atomic mass is 32.3. The maximum atomic E-state index is 12.4. The largest absolute Gasteiger partial charge is 0.306 e. The van der Waals surface area contributed by atoms with Crippen molar-refractivity contribution in [3.63, 3.8) is 0 Å². The normalized spacial score (nSPS) is 11.3. The number of rotatable bonds is 3. The molecule has 0 saturated carbocycles. The number of nitrogens with zero attached hydrogens (tertiary/aromatic N) is 1. The molecule has 1 aromatic carbocycles. The van der Waals surface area contributed by atoms with Crippen molar-refractivity contribution in [3.05, 3.63) is 39.4 Å². The van der Waals surface area contributed by atoms with Gasteiger partial charge >= 0.3 is 10.2 Å². The van der Waals surface area contributed by atoms with Crippen LogP contribution in [0, 0.1) is 17.0 Å². The number of hydrogen-bond acceptors (Lipinski definition) is 4. The first kappa shape index (κ1) is 11.6. The van der Waals surface area contributed by atoms with Gasteiger partial charge in [-0.25, -0.2) is 0 Å². The van der Waals surface area contributed by atoms with Gasteiger partial charge in [-0.2, -0.15) is 8.42 Å². The summed E-state index contributed by atoms with van der Waals surface area (Å²) < 4.78 is 33.2. The molecule has 0 bridgehead atoms. The lowest BCUT2D eigenvalue weighted by Gasteiger charge is -2.02. The fourth-order valence-corrected chi connectivity index (χ4v) is 1.89. The molecule has 0 aliphatic rings. The Morgan fingerprint density at radius 2 is 2.07 bits per heavy atom. The number of nitro groups is 1. The van der Waals surface area contributed by atoms with E-state index in [1.807, 2.05) is 0 Å². The zero-order valence-electron chi connectivity index (χ0n) is 7.81. The van der Waals surface area contributed by atoms with Gasteiger partial charge in [0.05, 0.1) is 4.92 Å². The first-order valence-corrected chi connectivity index (χ1v) is 5.52. The van der Waals surface area contributed by atoms with Crippen molar-refractivity contribution in [3.8, 4) is 0 Å². The molecule has 0 heterocycles. The van der Waals surface area contributed by atoms with Crippen molar-refractivity contribution >= 4 is 15.9 Å². The van der Waals surface area contributed by atoms with Crippen LogP contribution in [0.1, 0.15) is 11.1 Å². The summed E-state index contributed by atoms with van der Waals surface area (Å²) in [4.78, 5) is 9.87. The molecule has 1 rings (SSSR count). The fourth-order valence-electron chi connectivity index (χ4n) is 1.21. The van der Waals surface area contributed by atoms with Crippen molar-refractivity contribution in [2.75, 3.05) is 0 Å². The van der Waals surface area contributed by atoms with Crippen molar-refractivity contribution in [1.29, 1.82) is 0 Å². The summed E-state index contributed by atoms with van der Waals surface area (Å²) in [7, 11) is -4.66. The Morgan fingerprint density at radius 1 is 1.47 bits per heavy atom. The predicted molar refractivity (Wildman–Crippen MR) is 51.6 cm³/mol. The van der Waals surface area contributed by atoms with Crippen LogP contribution >= 0.6 is 0 Å². The molecule has 0 aliphatic heterocycles. The Kier molecular flexibility index (Phi) is 3.04. The molecule has 82 valence electrons. The predicted octanol–water partition coefficient (Wildman–Crippen LogP) is 1.70. The lowest BCUT2D eigenvalue weighted by Crippen LogP contribution is -2.01. The van der Waals surface area contributed by atoms with E-state index in [9.17, 15) is 22.4 Å². The van der Waals surface area contributed by atoms with Crippen LogP contribution in [0.4, 0.5) is 9.57 Å². The molecule has 0 aliphatic carbocycles. The molecule has 0 N–H and O–H groups in total. The van der Waals surface area contributed by atoms with Gasteiger partial charge in [0.25, 0.3) is 5.69 Å².